The molecule has 2 amide bonds. The van der Waals surface area contributed by atoms with Crippen molar-refractivity contribution in [2.45, 2.75) is 6.92 Å². The maximum atomic E-state index is 12.8. The van der Waals surface area contributed by atoms with E-state index in [0.717, 1.165) is 11.1 Å². The molecule has 0 aliphatic heterocycles. The molecule has 0 heterocycles. The fraction of sp³-hybridized carbons (Fsp3) is 0.0385. The van der Waals surface area contributed by atoms with Gasteiger partial charge in [0.2, 0.25) is 5.91 Å². The summed E-state index contributed by atoms with van der Waals surface area (Å²) < 4.78 is 0. The molecule has 0 atom stereocenters. The van der Waals surface area contributed by atoms with Crippen molar-refractivity contribution in [2.24, 2.45) is 0 Å². The minimum Gasteiger partial charge on any atom is -0.506 e. The van der Waals surface area contributed by atoms with Gasteiger partial charge in [-0.3, -0.25) is 9.59 Å². The molecule has 0 aliphatic rings. The van der Waals surface area contributed by atoms with Gasteiger partial charge in [-0.25, -0.2) is 0 Å². The van der Waals surface area contributed by atoms with Gasteiger partial charge < -0.3 is 26.4 Å². The molecule has 0 aromatic heterocycles. The van der Waals surface area contributed by atoms with Crippen LogP contribution in [0.25, 0.3) is 10.8 Å². The molecule has 7 nitrogen and oxygen atoms in total. The lowest BCUT2D eigenvalue weighted by Crippen LogP contribution is -2.19. The number of halogens is 1. The van der Waals surface area contributed by atoms with E-state index < -0.39 is 5.91 Å². The average molecular weight is 505 g/mol. The van der Waals surface area contributed by atoms with Crippen LogP contribution in [0.4, 0.5) is 22.7 Å². The third-order valence-corrected chi connectivity index (χ3v) is 5.60. The number of carbonyl (C=O) groups is 2. The second-order valence-corrected chi connectivity index (χ2v) is 8.48. The summed E-state index contributed by atoms with van der Waals surface area (Å²) in [7, 11) is 0. The van der Waals surface area contributed by atoms with Crippen molar-refractivity contribution < 1.29 is 14.7 Å². The number of phenols is 1. The quantitative estimate of drug-likeness (QED) is 0.207. The summed E-state index contributed by atoms with van der Waals surface area (Å²) in [5.41, 5.74) is 2.58. The molecule has 5 N–H and O–H groups in total. The van der Waals surface area contributed by atoms with Crippen molar-refractivity contribution in [3.63, 3.8) is 0 Å². The number of amides is 2. The van der Waals surface area contributed by atoms with Crippen LogP contribution in [0.1, 0.15) is 17.3 Å². The molecule has 0 unspecified atom stereocenters. The van der Waals surface area contributed by atoms with E-state index in [-0.39, 0.29) is 17.2 Å². The number of anilines is 4. The second-order valence-electron chi connectivity index (χ2n) is 7.67. The van der Waals surface area contributed by atoms with Gasteiger partial charge in [-0.1, -0.05) is 41.9 Å². The summed E-state index contributed by atoms with van der Waals surface area (Å²) in [5, 5.41) is 24.1. The topological polar surface area (TPSA) is 102 Å². The highest BCUT2D eigenvalue weighted by Crippen LogP contribution is 2.31. The Hall–Kier alpha value is -4.14. The first-order chi connectivity index (χ1) is 16.8. The second kappa shape index (κ2) is 10.4. The third kappa shape index (κ3) is 5.87. The van der Waals surface area contributed by atoms with Crippen LogP contribution in [0.5, 0.6) is 5.75 Å². The van der Waals surface area contributed by atoms with Crippen LogP contribution >= 0.6 is 23.8 Å². The van der Waals surface area contributed by atoms with Crippen molar-refractivity contribution >= 4 is 74.3 Å². The number of phenolic OH excluding ortho intramolecular Hbond substituents is 1. The first kappa shape index (κ1) is 24.0. The molecule has 0 saturated heterocycles. The number of nitrogens with one attached hydrogen (secondary N) is 4. The van der Waals surface area contributed by atoms with Crippen molar-refractivity contribution in [1.29, 1.82) is 0 Å². The highest BCUT2D eigenvalue weighted by Gasteiger charge is 2.15. The monoisotopic (exact) mass is 504 g/mol. The standard InChI is InChI=1S/C26H21ClN4O3S/c1-15(32)28-17-7-9-18(10-8-17)29-26(35)30-19-11-13-23(22(27)14-19)31-25(34)21-12-6-16-4-2-3-5-20(16)24(21)33/h2-14,33H,1H3,(H,28,32)(H,31,34)(H2,29,30,35). The van der Waals surface area contributed by atoms with Crippen LogP contribution in [0, 0.1) is 0 Å². The number of fused-ring (bicyclic) bond motifs is 1. The van der Waals surface area contributed by atoms with Gasteiger partial charge in [0.15, 0.2) is 5.11 Å². The maximum Gasteiger partial charge on any atom is 0.259 e. The lowest BCUT2D eigenvalue weighted by Gasteiger charge is -2.14. The molecule has 0 radical (unpaired) electrons. The van der Waals surface area contributed by atoms with E-state index in [0.29, 0.717) is 32.6 Å². The van der Waals surface area contributed by atoms with Gasteiger partial charge in [0.05, 0.1) is 16.3 Å². The summed E-state index contributed by atoms with van der Waals surface area (Å²) in [6.45, 7) is 1.44. The highest BCUT2D eigenvalue weighted by atomic mass is 35.5. The van der Waals surface area contributed by atoms with Gasteiger partial charge in [-0.15, -0.1) is 0 Å². The minimum absolute atomic E-state index is 0.0865. The van der Waals surface area contributed by atoms with E-state index >= 15 is 0 Å². The maximum absolute atomic E-state index is 12.8. The Morgan fingerprint density at radius 1 is 0.800 bits per heavy atom. The summed E-state index contributed by atoms with van der Waals surface area (Å²) in [5.74, 6) is -0.708. The first-order valence-electron chi connectivity index (χ1n) is 10.6. The highest BCUT2D eigenvalue weighted by molar-refractivity contribution is 7.80. The predicted molar refractivity (Wildman–Crippen MR) is 146 cm³/mol. The fourth-order valence-corrected chi connectivity index (χ4v) is 3.92. The number of benzene rings is 4. The van der Waals surface area contributed by atoms with Gasteiger partial charge in [0.25, 0.3) is 5.91 Å². The third-order valence-electron chi connectivity index (χ3n) is 5.08. The minimum atomic E-state index is -0.476. The number of rotatable bonds is 5. The number of carbonyl (C=O) groups excluding carboxylic acids is 2. The van der Waals surface area contributed by atoms with Gasteiger partial charge >= 0.3 is 0 Å². The van der Waals surface area contributed by atoms with E-state index in [2.05, 4.69) is 21.3 Å². The first-order valence-corrected chi connectivity index (χ1v) is 11.4. The molecule has 4 rings (SSSR count). The number of hydrogen-bond acceptors (Lipinski definition) is 4. The zero-order valence-electron chi connectivity index (χ0n) is 18.6. The summed E-state index contributed by atoms with van der Waals surface area (Å²) >= 11 is 11.7. The molecular weight excluding hydrogens is 484 g/mol. The molecule has 0 fully saturated rings. The van der Waals surface area contributed by atoms with Gasteiger partial charge in [0.1, 0.15) is 5.75 Å². The summed E-state index contributed by atoms with van der Waals surface area (Å²) in [6.07, 6.45) is 0. The Balaban J connectivity index is 1.40. The van der Waals surface area contributed by atoms with Crippen LogP contribution in [0.2, 0.25) is 5.02 Å². The zero-order valence-corrected chi connectivity index (χ0v) is 20.1. The summed E-state index contributed by atoms with van der Waals surface area (Å²) in [4.78, 5) is 23.9. The van der Waals surface area contributed by atoms with Crippen molar-refractivity contribution in [3.05, 3.63) is 89.4 Å². The smallest absolute Gasteiger partial charge is 0.259 e. The van der Waals surface area contributed by atoms with Gasteiger partial charge in [-0.2, -0.15) is 0 Å². The van der Waals surface area contributed by atoms with Crippen LogP contribution in [0.3, 0.4) is 0 Å². The average Bonchev–Trinajstić information content (AvgIpc) is 2.82. The summed E-state index contributed by atoms with van der Waals surface area (Å²) in [6, 6.07) is 22.7. The number of thiocarbonyl (C=S) groups is 1. The Bertz CT molecular complexity index is 1440. The molecule has 35 heavy (non-hydrogen) atoms. The Morgan fingerprint density at radius 2 is 1.43 bits per heavy atom. The molecule has 0 bridgehead atoms. The largest absolute Gasteiger partial charge is 0.506 e. The van der Waals surface area contributed by atoms with Gasteiger partial charge in [-0.05, 0) is 66.1 Å². The van der Waals surface area contributed by atoms with E-state index in [4.69, 9.17) is 23.8 Å². The Kier molecular flexibility index (Phi) is 7.14. The van der Waals surface area contributed by atoms with Crippen LogP contribution < -0.4 is 21.3 Å². The zero-order chi connectivity index (χ0) is 24.9. The van der Waals surface area contributed by atoms with Crippen LogP contribution in [-0.2, 0) is 4.79 Å². The van der Waals surface area contributed by atoms with Gasteiger partial charge in [0, 0.05) is 29.4 Å². The molecule has 176 valence electrons. The van der Waals surface area contributed by atoms with Crippen molar-refractivity contribution in [2.75, 3.05) is 21.3 Å². The molecular formula is C26H21ClN4O3S. The number of aromatic hydroxyl groups is 1. The normalized spacial score (nSPS) is 10.5. The molecule has 0 aliphatic carbocycles. The Morgan fingerprint density at radius 3 is 2.11 bits per heavy atom. The van der Waals surface area contributed by atoms with Crippen molar-refractivity contribution in [1.82, 2.24) is 0 Å². The lowest BCUT2D eigenvalue weighted by molar-refractivity contribution is -0.114. The fourth-order valence-electron chi connectivity index (χ4n) is 3.46. The predicted octanol–water partition coefficient (Wildman–Crippen LogP) is 6.22. The molecule has 0 spiro atoms. The van der Waals surface area contributed by atoms with Crippen LogP contribution in [-0.4, -0.2) is 22.0 Å². The molecule has 0 saturated carbocycles. The molecule has 4 aromatic carbocycles. The SMILES string of the molecule is CC(=O)Nc1ccc(NC(=S)Nc2ccc(NC(=O)c3ccc4ccccc4c3O)c(Cl)c2)cc1. The van der Waals surface area contributed by atoms with Crippen LogP contribution in [0.15, 0.2) is 78.9 Å². The van der Waals surface area contributed by atoms with E-state index in [9.17, 15) is 14.7 Å². The number of hydrogen-bond donors (Lipinski definition) is 5. The van der Waals surface area contributed by atoms with Crippen molar-refractivity contribution in [3.8, 4) is 5.75 Å². The molecule has 9 heteroatoms. The van der Waals surface area contributed by atoms with E-state index in [1.807, 2.05) is 12.1 Å². The van der Waals surface area contributed by atoms with E-state index in [1.165, 1.54) is 6.92 Å². The lowest BCUT2D eigenvalue weighted by atomic mass is 10.0. The Labute approximate surface area is 212 Å². The molecule has 4 aromatic rings. The van der Waals surface area contributed by atoms with E-state index in [1.54, 1.807) is 66.7 Å².